The van der Waals surface area contributed by atoms with Gasteiger partial charge in [0.05, 0.1) is 0 Å². The maximum atomic E-state index is 12.7. The van der Waals surface area contributed by atoms with E-state index in [1.54, 1.807) is 0 Å². The molecule has 1 amide bonds. The van der Waals surface area contributed by atoms with E-state index in [4.69, 9.17) is 0 Å². The lowest BCUT2D eigenvalue weighted by atomic mass is 9.89. The van der Waals surface area contributed by atoms with E-state index in [1.807, 2.05) is 0 Å². The first-order chi connectivity index (χ1) is 12.6. The van der Waals surface area contributed by atoms with Crippen LogP contribution >= 0.6 is 0 Å². The van der Waals surface area contributed by atoms with Crippen molar-refractivity contribution in [3.63, 3.8) is 0 Å². The average molecular weight is 356 g/mol. The highest BCUT2D eigenvalue weighted by atomic mass is 16.1. The molecule has 3 heterocycles. The maximum absolute atomic E-state index is 12.7. The van der Waals surface area contributed by atoms with Crippen LogP contribution in [0.3, 0.4) is 0 Å². The predicted molar refractivity (Wildman–Crippen MR) is 106 cm³/mol. The Morgan fingerprint density at radius 3 is 2.27 bits per heavy atom. The minimum Gasteiger partial charge on any atom is -0.372 e. The Labute approximate surface area is 157 Å². The van der Waals surface area contributed by atoms with E-state index in [9.17, 15) is 4.79 Å². The van der Waals surface area contributed by atoms with Crippen LogP contribution < -0.4 is 10.2 Å². The quantitative estimate of drug-likeness (QED) is 0.877. The number of hydrogen-bond donors (Lipinski definition) is 1. The van der Waals surface area contributed by atoms with Crippen LogP contribution in [0.2, 0.25) is 0 Å². The van der Waals surface area contributed by atoms with Crippen LogP contribution in [0.1, 0.15) is 57.9 Å². The zero-order valence-electron chi connectivity index (χ0n) is 16.3. The second kappa shape index (κ2) is 7.59. The van der Waals surface area contributed by atoms with Crippen LogP contribution in [0, 0.1) is 5.92 Å². The zero-order chi connectivity index (χ0) is 18.1. The average Bonchev–Trinajstić information content (AvgIpc) is 3.27. The first kappa shape index (κ1) is 17.8. The highest BCUT2D eigenvalue weighted by Gasteiger charge is 2.43. The number of fused-ring (bicyclic) bond motifs is 2. The molecule has 26 heavy (non-hydrogen) atoms. The largest absolute Gasteiger partial charge is 0.372 e. The van der Waals surface area contributed by atoms with Crippen LogP contribution in [0.15, 0.2) is 24.3 Å². The van der Waals surface area contributed by atoms with Crippen molar-refractivity contribution in [1.82, 2.24) is 10.2 Å². The Balaban J connectivity index is 1.29. The molecule has 0 aliphatic carbocycles. The van der Waals surface area contributed by atoms with E-state index in [2.05, 4.69) is 53.2 Å². The van der Waals surface area contributed by atoms with Gasteiger partial charge in [-0.3, -0.25) is 9.69 Å². The molecule has 3 saturated heterocycles. The molecule has 3 fully saturated rings. The van der Waals surface area contributed by atoms with Crippen molar-refractivity contribution >= 4 is 11.6 Å². The maximum Gasteiger partial charge on any atom is 0.223 e. The standard InChI is InChI=1S/C22H33N3O/c1-16(2)25-20-9-10-21(25)14-18(13-20)22(26)23-15-17-5-7-19(8-6-17)24-11-3-4-12-24/h5-8,16,18,20-21H,3-4,9-15H2,1-2H3,(H,23,26)/t20-,21-/m0/s1. The smallest absolute Gasteiger partial charge is 0.223 e. The number of hydrogen-bond acceptors (Lipinski definition) is 3. The molecule has 4 nitrogen and oxygen atoms in total. The zero-order valence-corrected chi connectivity index (χ0v) is 16.3. The molecule has 2 bridgehead atoms. The van der Waals surface area contributed by atoms with Gasteiger partial charge < -0.3 is 10.2 Å². The van der Waals surface area contributed by atoms with E-state index >= 15 is 0 Å². The van der Waals surface area contributed by atoms with Crippen molar-refractivity contribution in [2.24, 2.45) is 5.92 Å². The number of piperidine rings is 1. The number of carbonyl (C=O) groups is 1. The number of nitrogens with zero attached hydrogens (tertiary/aromatic N) is 2. The van der Waals surface area contributed by atoms with Gasteiger partial charge in [0.25, 0.3) is 0 Å². The topological polar surface area (TPSA) is 35.6 Å². The molecular weight excluding hydrogens is 322 g/mol. The van der Waals surface area contributed by atoms with Gasteiger partial charge in [-0.2, -0.15) is 0 Å². The third-order valence-corrected chi connectivity index (χ3v) is 6.63. The van der Waals surface area contributed by atoms with Gasteiger partial charge >= 0.3 is 0 Å². The Morgan fingerprint density at radius 1 is 1.08 bits per heavy atom. The van der Waals surface area contributed by atoms with Crippen molar-refractivity contribution in [1.29, 1.82) is 0 Å². The molecule has 0 aromatic heterocycles. The molecule has 4 rings (SSSR count). The second-order valence-electron chi connectivity index (χ2n) is 8.67. The van der Waals surface area contributed by atoms with Crippen molar-refractivity contribution in [2.75, 3.05) is 18.0 Å². The van der Waals surface area contributed by atoms with Gasteiger partial charge in [-0.1, -0.05) is 12.1 Å². The molecule has 0 unspecified atom stereocenters. The van der Waals surface area contributed by atoms with Crippen LogP contribution in [-0.2, 0) is 11.3 Å². The van der Waals surface area contributed by atoms with Gasteiger partial charge in [-0.05, 0) is 70.1 Å². The van der Waals surface area contributed by atoms with Gasteiger partial charge in [-0.15, -0.1) is 0 Å². The molecule has 0 saturated carbocycles. The fourth-order valence-electron chi connectivity index (χ4n) is 5.40. The molecule has 4 heteroatoms. The molecular formula is C22H33N3O. The van der Waals surface area contributed by atoms with Gasteiger partial charge in [0.15, 0.2) is 0 Å². The van der Waals surface area contributed by atoms with Gasteiger partial charge in [0, 0.05) is 49.4 Å². The third-order valence-electron chi connectivity index (χ3n) is 6.63. The number of amides is 1. The van der Waals surface area contributed by atoms with Crippen molar-refractivity contribution in [2.45, 2.75) is 77.0 Å². The van der Waals surface area contributed by atoms with Crippen LogP contribution in [0.5, 0.6) is 0 Å². The number of anilines is 1. The summed E-state index contributed by atoms with van der Waals surface area (Å²) in [5.74, 6) is 0.459. The molecule has 1 aromatic carbocycles. The summed E-state index contributed by atoms with van der Waals surface area (Å²) in [4.78, 5) is 17.8. The molecule has 1 aromatic rings. The van der Waals surface area contributed by atoms with E-state index < -0.39 is 0 Å². The summed E-state index contributed by atoms with van der Waals surface area (Å²) in [5.41, 5.74) is 2.51. The molecule has 0 spiro atoms. The SMILES string of the molecule is CC(C)N1[C@H]2CC[C@H]1CC(C(=O)NCc1ccc(N3CCCC3)cc1)C2. The van der Waals surface area contributed by atoms with Crippen molar-refractivity contribution < 1.29 is 4.79 Å². The van der Waals surface area contributed by atoms with Crippen molar-refractivity contribution in [3.8, 4) is 0 Å². The van der Waals surface area contributed by atoms with Gasteiger partial charge in [0.1, 0.15) is 0 Å². The lowest BCUT2D eigenvalue weighted by Gasteiger charge is -2.41. The molecule has 0 radical (unpaired) electrons. The van der Waals surface area contributed by atoms with Crippen LogP contribution in [-0.4, -0.2) is 42.0 Å². The fourth-order valence-corrected chi connectivity index (χ4v) is 5.40. The molecule has 1 N–H and O–H groups in total. The summed E-state index contributed by atoms with van der Waals surface area (Å²) in [6.45, 7) is 7.58. The highest BCUT2D eigenvalue weighted by molar-refractivity contribution is 5.79. The molecule has 142 valence electrons. The van der Waals surface area contributed by atoms with Crippen LogP contribution in [0.4, 0.5) is 5.69 Å². The Kier molecular flexibility index (Phi) is 5.21. The number of benzene rings is 1. The lowest BCUT2D eigenvalue weighted by Crippen LogP contribution is -2.49. The predicted octanol–water partition coefficient (Wildman–Crippen LogP) is 3.55. The molecule has 3 aliphatic heterocycles. The number of carbonyl (C=O) groups excluding carboxylic acids is 1. The Morgan fingerprint density at radius 2 is 1.69 bits per heavy atom. The minimum absolute atomic E-state index is 0.200. The second-order valence-corrected chi connectivity index (χ2v) is 8.67. The monoisotopic (exact) mass is 355 g/mol. The number of rotatable bonds is 5. The Bertz CT molecular complexity index is 607. The third kappa shape index (κ3) is 3.62. The molecule has 2 atom stereocenters. The highest BCUT2D eigenvalue weighted by Crippen LogP contribution is 2.39. The normalized spacial score (nSPS) is 28.7. The van der Waals surface area contributed by atoms with Crippen molar-refractivity contribution in [3.05, 3.63) is 29.8 Å². The van der Waals surface area contributed by atoms with Gasteiger partial charge in [0.2, 0.25) is 5.91 Å². The summed E-state index contributed by atoms with van der Waals surface area (Å²) in [5, 5.41) is 3.20. The summed E-state index contributed by atoms with van der Waals surface area (Å²) in [6.07, 6.45) is 7.21. The summed E-state index contributed by atoms with van der Waals surface area (Å²) < 4.78 is 0. The van der Waals surface area contributed by atoms with Gasteiger partial charge in [-0.25, -0.2) is 0 Å². The Hall–Kier alpha value is -1.55. The number of nitrogens with one attached hydrogen (secondary N) is 1. The first-order valence-corrected chi connectivity index (χ1v) is 10.5. The van der Waals surface area contributed by atoms with E-state index in [1.165, 1.54) is 50.0 Å². The fraction of sp³-hybridized carbons (Fsp3) is 0.682. The van der Waals surface area contributed by atoms with E-state index in [0.29, 0.717) is 24.7 Å². The van der Waals surface area contributed by atoms with E-state index in [-0.39, 0.29) is 11.8 Å². The minimum atomic E-state index is 0.200. The molecule has 3 aliphatic rings. The van der Waals surface area contributed by atoms with Crippen LogP contribution in [0.25, 0.3) is 0 Å². The lowest BCUT2D eigenvalue weighted by molar-refractivity contribution is -0.127. The first-order valence-electron chi connectivity index (χ1n) is 10.5. The summed E-state index contributed by atoms with van der Waals surface area (Å²) in [6, 6.07) is 10.6. The summed E-state index contributed by atoms with van der Waals surface area (Å²) >= 11 is 0. The van der Waals surface area contributed by atoms with E-state index in [0.717, 1.165) is 12.8 Å². The summed E-state index contributed by atoms with van der Waals surface area (Å²) in [7, 11) is 0.